The Labute approximate surface area is 117 Å². The van der Waals surface area contributed by atoms with Gasteiger partial charge in [0.25, 0.3) is 0 Å². The first kappa shape index (κ1) is 11.5. The zero-order valence-corrected chi connectivity index (χ0v) is 11.7. The van der Waals surface area contributed by atoms with Gasteiger partial charge in [-0.25, -0.2) is 4.98 Å². The third-order valence-corrected chi connectivity index (χ3v) is 5.48. The Morgan fingerprint density at radius 3 is 2.63 bits per heavy atom. The zero-order chi connectivity index (χ0) is 12.7. The maximum Gasteiger partial charge on any atom is 0.123 e. The highest BCUT2D eigenvalue weighted by atomic mass is 32.1. The van der Waals surface area contributed by atoms with E-state index < -0.39 is 0 Å². The number of aromatic nitrogens is 1. The summed E-state index contributed by atoms with van der Waals surface area (Å²) in [6, 6.07) is 9.46. The molecule has 2 aliphatic carbocycles. The highest BCUT2D eigenvalue weighted by Crippen LogP contribution is 2.45. The normalized spacial score (nSPS) is 28.7. The first-order valence-electron chi connectivity index (χ1n) is 7.15. The molecule has 2 bridgehead atoms. The summed E-state index contributed by atoms with van der Waals surface area (Å²) in [5, 5.41) is 6.86. The number of anilines is 1. The standard InChI is InChI=1S/C16H18N2S/c1-2-13-9-11(1)10-15(13)18-14-5-3-12(4-6-14)16-17-7-8-19-16/h3-8,11,13,15,18H,1-2,9-10H2. The third-order valence-electron chi connectivity index (χ3n) is 4.65. The number of nitrogens with zero attached hydrogens (tertiary/aromatic N) is 1. The molecular formula is C16H18N2S. The number of thiazole rings is 1. The number of benzene rings is 1. The highest BCUT2D eigenvalue weighted by molar-refractivity contribution is 7.13. The molecule has 3 heteroatoms. The molecule has 2 fully saturated rings. The third kappa shape index (κ3) is 2.16. The second kappa shape index (κ2) is 4.64. The van der Waals surface area contributed by atoms with Gasteiger partial charge in [0.1, 0.15) is 5.01 Å². The van der Waals surface area contributed by atoms with Crippen molar-refractivity contribution < 1.29 is 0 Å². The molecule has 2 aliphatic rings. The van der Waals surface area contributed by atoms with Gasteiger partial charge in [0.15, 0.2) is 0 Å². The molecule has 0 saturated heterocycles. The summed E-state index contributed by atoms with van der Waals surface area (Å²) in [4.78, 5) is 4.35. The Hall–Kier alpha value is -1.35. The van der Waals surface area contributed by atoms with E-state index in [9.17, 15) is 0 Å². The summed E-state index contributed by atoms with van der Waals surface area (Å²) in [5.41, 5.74) is 2.48. The number of fused-ring (bicyclic) bond motifs is 2. The van der Waals surface area contributed by atoms with E-state index >= 15 is 0 Å². The van der Waals surface area contributed by atoms with Crippen LogP contribution >= 0.6 is 11.3 Å². The van der Waals surface area contributed by atoms with Crippen molar-refractivity contribution in [2.45, 2.75) is 31.7 Å². The van der Waals surface area contributed by atoms with Crippen LogP contribution in [0, 0.1) is 11.8 Å². The van der Waals surface area contributed by atoms with Gasteiger partial charge >= 0.3 is 0 Å². The smallest absolute Gasteiger partial charge is 0.123 e. The Morgan fingerprint density at radius 2 is 2.00 bits per heavy atom. The SMILES string of the molecule is c1csc(-c2ccc(NC3CC4CCC3C4)cc2)n1. The fourth-order valence-electron chi connectivity index (χ4n) is 3.71. The maximum atomic E-state index is 4.35. The Bertz CT molecular complexity index is 547. The van der Waals surface area contributed by atoms with E-state index in [4.69, 9.17) is 0 Å². The molecule has 3 unspecified atom stereocenters. The minimum Gasteiger partial charge on any atom is -0.382 e. The van der Waals surface area contributed by atoms with Crippen molar-refractivity contribution in [3.8, 4) is 10.6 Å². The van der Waals surface area contributed by atoms with Crippen LogP contribution in [0.2, 0.25) is 0 Å². The molecule has 2 aromatic rings. The van der Waals surface area contributed by atoms with E-state index in [-0.39, 0.29) is 0 Å². The summed E-state index contributed by atoms with van der Waals surface area (Å²) >= 11 is 1.69. The van der Waals surface area contributed by atoms with Crippen molar-refractivity contribution in [3.05, 3.63) is 35.8 Å². The van der Waals surface area contributed by atoms with Crippen LogP contribution < -0.4 is 5.32 Å². The van der Waals surface area contributed by atoms with Gasteiger partial charge in [-0.05, 0) is 55.4 Å². The molecule has 2 nitrogen and oxygen atoms in total. The van der Waals surface area contributed by atoms with E-state index in [1.54, 1.807) is 11.3 Å². The summed E-state index contributed by atoms with van der Waals surface area (Å²) in [5.74, 6) is 1.92. The first-order chi connectivity index (χ1) is 9.38. The van der Waals surface area contributed by atoms with Gasteiger partial charge in [0.05, 0.1) is 0 Å². The van der Waals surface area contributed by atoms with Gasteiger partial charge in [0.2, 0.25) is 0 Å². The summed E-state index contributed by atoms with van der Waals surface area (Å²) in [6.07, 6.45) is 7.58. The van der Waals surface area contributed by atoms with E-state index in [1.165, 1.54) is 36.9 Å². The number of nitrogens with one attached hydrogen (secondary N) is 1. The molecule has 0 amide bonds. The fraction of sp³-hybridized carbons (Fsp3) is 0.438. The van der Waals surface area contributed by atoms with E-state index in [0.29, 0.717) is 6.04 Å². The van der Waals surface area contributed by atoms with E-state index in [2.05, 4.69) is 34.6 Å². The molecule has 1 heterocycles. The minimum absolute atomic E-state index is 0.712. The molecule has 1 aromatic heterocycles. The average Bonchev–Trinajstić information content (AvgIpc) is 3.17. The second-order valence-electron chi connectivity index (χ2n) is 5.84. The number of rotatable bonds is 3. The predicted octanol–water partition coefficient (Wildman–Crippen LogP) is 4.41. The Morgan fingerprint density at radius 1 is 1.11 bits per heavy atom. The van der Waals surface area contributed by atoms with E-state index in [0.717, 1.165) is 16.8 Å². The fourth-order valence-corrected chi connectivity index (χ4v) is 4.36. The van der Waals surface area contributed by atoms with Crippen molar-refractivity contribution in [1.82, 2.24) is 4.98 Å². The quantitative estimate of drug-likeness (QED) is 0.893. The predicted molar refractivity (Wildman–Crippen MR) is 80.4 cm³/mol. The Kier molecular flexibility index (Phi) is 2.80. The lowest BCUT2D eigenvalue weighted by Gasteiger charge is -2.24. The van der Waals surface area contributed by atoms with Crippen LogP contribution in [0.5, 0.6) is 0 Å². The van der Waals surface area contributed by atoms with Crippen LogP contribution in [-0.2, 0) is 0 Å². The molecular weight excluding hydrogens is 252 g/mol. The van der Waals surface area contributed by atoms with Crippen LogP contribution in [-0.4, -0.2) is 11.0 Å². The van der Waals surface area contributed by atoms with Crippen molar-refractivity contribution in [1.29, 1.82) is 0 Å². The average molecular weight is 270 g/mol. The highest BCUT2D eigenvalue weighted by Gasteiger charge is 2.39. The van der Waals surface area contributed by atoms with Crippen LogP contribution in [0.4, 0.5) is 5.69 Å². The lowest BCUT2D eigenvalue weighted by Crippen LogP contribution is -2.25. The summed E-state index contributed by atoms with van der Waals surface area (Å²) in [6.45, 7) is 0. The van der Waals surface area contributed by atoms with Gasteiger partial charge in [-0.15, -0.1) is 11.3 Å². The lowest BCUT2D eigenvalue weighted by atomic mass is 9.95. The van der Waals surface area contributed by atoms with Crippen LogP contribution in [0.1, 0.15) is 25.7 Å². The van der Waals surface area contributed by atoms with Gasteiger partial charge in [-0.2, -0.15) is 0 Å². The number of hydrogen-bond acceptors (Lipinski definition) is 3. The molecule has 98 valence electrons. The van der Waals surface area contributed by atoms with Crippen molar-refractivity contribution in [2.75, 3.05) is 5.32 Å². The summed E-state index contributed by atoms with van der Waals surface area (Å²) in [7, 11) is 0. The Balaban J connectivity index is 1.48. The van der Waals surface area contributed by atoms with Crippen LogP contribution in [0.3, 0.4) is 0 Å². The number of hydrogen-bond donors (Lipinski definition) is 1. The molecule has 0 radical (unpaired) electrons. The molecule has 3 atom stereocenters. The van der Waals surface area contributed by atoms with Crippen molar-refractivity contribution >= 4 is 17.0 Å². The molecule has 0 aliphatic heterocycles. The molecule has 4 rings (SSSR count). The summed E-state index contributed by atoms with van der Waals surface area (Å²) < 4.78 is 0. The van der Waals surface area contributed by atoms with Gasteiger partial charge in [-0.3, -0.25) is 0 Å². The first-order valence-corrected chi connectivity index (χ1v) is 8.03. The monoisotopic (exact) mass is 270 g/mol. The largest absolute Gasteiger partial charge is 0.382 e. The van der Waals surface area contributed by atoms with E-state index in [1.807, 2.05) is 11.6 Å². The van der Waals surface area contributed by atoms with Gasteiger partial charge in [-0.1, -0.05) is 6.42 Å². The molecule has 19 heavy (non-hydrogen) atoms. The minimum atomic E-state index is 0.712. The van der Waals surface area contributed by atoms with Gasteiger partial charge in [0, 0.05) is 28.9 Å². The lowest BCUT2D eigenvalue weighted by molar-refractivity contribution is 0.440. The zero-order valence-electron chi connectivity index (χ0n) is 10.9. The molecule has 1 aromatic carbocycles. The second-order valence-corrected chi connectivity index (χ2v) is 6.73. The van der Waals surface area contributed by atoms with Crippen molar-refractivity contribution in [3.63, 3.8) is 0 Å². The molecule has 1 N–H and O–H groups in total. The maximum absolute atomic E-state index is 4.35. The van der Waals surface area contributed by atoms with Crippen LogP contribution in [0.25, 0.3) is 10.6 Å². The molecule has 0 spiro atoms. The van der Waals surface area contributed by atoms with Crippen LogP contribution in [0.15, 0.2) is 35.8 Å². The molecule has 2 saturated carbocycles. The topological polar surface area (TPSA) is 24.9 Å². The van der Waals surface area contributed by atoms with Gasteiger partial charge < -0.3 is 5.32 Å². The van der Waals surface area contributed by atoms with Crippen molar-refractivity contribution in [2.24, 2.45) is 11.8 Å².